The van der Waals surface area contributed by atoms with Gasteiger partial charge in [0.1, 0.15) is 23.2 Å². The lowest BCUT2D eigenvalue weighted by molar-refractivity contribution is 1.14. The molecule has 0 spiro atoms. The van der Waals surface area contributed by atoms with Crippen molar-refractivity contribution in [3.63, 3.8) is 0 Å². The molecule has 0 radical (unpaired) electrons. The van der Waals surface area contributed by atoms with Crippen LogP contribution < -0.4 is 5.73 Å². The van der Waals surface area contributed by atoms with Crippen LogP contribution in [0.4, 0.5) is 5.82 Å². The standard InChI is InChI=1S/C16H12ClN5/c1-9-3-2-4-10(17)14(9)11-5-6-12-16(21-11)22-8-19-7-13(22)15(18)20-12/h2-8H,1H3,(H2,18,20). The molecule has 3 heterocycles. The molecule has 0 amide bonds. The smallest absolute Gasteiger partial charge is 0.165 e. The SMILES string of the molecule is Cc1cccc(Cl)c1-c1ccc2nc(N)c3cncn3c2n1. The van der Waals surface area contributed by atoms with Gasteiger partial charge in [0, 0.05) is 5.56 Å². The Morgan fingerprint density at radius 3 is 2.82 bits per heavy atom. The lowest BCUT2D eigenvalue weighted by Crippen LogP contribution is -2.00. The van der Waals surface area contributed by atoms with E-state index in [1.54, 1.807) is 12.5 Å². The van der Waals surface area contributed by atoms with E-state index in [0.717, 1.165) is 27.9 Å². The Balaban J connectivity index is 2.07. The Hall–Kier alpha value is -2.66. The minimum atomic E-state index is 0.438. The van der Waals surface area contributed by atoms with Gasteiger partial charge in [0.2, 0.25) is 0 Å². The number of rotatable bonds is 1. The summed E-state index contributed by atoms with van der Waals surface area (Å²) in [4.78, 5) is 13.2. The molecule has 0 atom stereocenters. The number of benzene rings is 1. The second-order valence-electron chi connectivity index (χ2n) is 5.12. The second kappa shape index (κ2) is 4.68. The van der Waals surface area contributed by atoms with Crippen molar-refractivity contribution in [1.82, 2.24) is 19.4 Å². The van der Waals surface area contributed by atoms with Crippen LogP contribution in [0.15, 0.2) is 42.9 Å². The molecule has 0 unspecified atom stereocenters. The minimum Gasteiger partial charge on any atom is -0.382 e. The number of anilines is 1. The summed E-state index contributed by atoms with van der Waals surface area (Å²) in [5, 5.41) is 0.678. The lowest BCUT2D eigenvalue weighted by Gasteiger charge is -2.10. The first-order valence-corrected chi connectivity index (χ1v) is 7.17. The number of pyridine rings is 1. The molecule has 0 bridgehead atoms. The molecule has 0 aliphatic carbocycles. The number of nitrogen functional groups attached to an aromatic ring is 1. The monoisotopic (exact) mass is 309 g/mol. The van der Waals surface area contributed by atoms with Crippen LogP contribution in [0.2, 0.25) is 5.02 Å². The fourth-order valence-electron chi connectivity index (χ4n) is 2.64. The predicted molar refractivity (Wildman–Crippen MR) is 87.9 cm³/mol. The maximum absolute atomic E-state index is 6.34. The molecule has 5 nitrogen and oxygen atoms in total. The van der Waals surface area contributed by atoms with Crippen LogP contribution in [-0.4, -0.2) is 19.4 Å². The molecule has 0 saturated carbocycles. The fourth-order valence-corrected chi connectivity index (χ4v) is 2.96. The summed E-state index contributed by atoms with van der Waals surface area (Å²) in [5.74, 6) is 0.438. The summed E-state index contributed by atoms with van der Waals surface area (Å²) in [5.41, 5.74) is 10.9. The van der Waals surface area contributed by atoms with Crippen LogP contribution in [0.25, 0.3) is 27.9 Å². The molecule has 3 aromatic heterocycles. The van der Waals surface area contributed by atoms with Crippen molar-refractivity contribution in [2.75, 3.05) is 5.73 Å². The van der Waals surface area contributed by atoms with Gasteiger partial charge in [-0.2, -0.15) is 0 Å². The van der Waals surface area contributed by atoms with E-state index < -0.39 is 0 Å². The normalized spacial score (nSPS) is 11.4. The largest absolute Gasteiger partial charge is 0.382 e. The average molecular weight is 310 g/mol. The Morgan fingerprint density at radius 2 is 2.00 bits per heavy atom. The Kier molecular flexibility index (Phi) is 2.77. The molecule has 6 heteroatoms. The zero-order valence-electron chi connectivity index (χ0n) is 11.8. The highest BCUT2D eigenvalue weighted by Crippen LogP contribution is 2.31. The summed E-state index contributed by atoms with van der Waals surface area (Å²) in [6.45, 7) is 2.02. The van der Waals surface area contributed by atoms with Gasteiger partial charge in [-0.25, -0.2) is 15.0 Å². The molecular formula is C16H12ClN5. The summed E-state index contributed by atoms with van der Waals surface area (Å²) < 4.78 is 1.84. The topological polar surface area (TPSA) is 69.1 Å². The van der Waals surface area contributed by atoms with Crippen LogP contribution in [-0.2, 0) is 0 Å². The maximum atomic E-state index is 6.34. The van der Waals surface area contributed by atoms with E-state index in [2.05, 4.69) is 9.97 Å². The third-order valence-corrected chi connectivity index (χ3v) is 4.02. The average Bonchev–Trinajstić information content (AvgIpc) is 2.98. The number of aromatic nitrogens is 4. The van der Waals surface area contributed by atoms with Crippen molar-refractivity contribution in [1.29, 1.82) is 0 Å². The van der Waals surface area contributed by atoms with Crippen molar-refractivity contribution < 1.29 is 0 Å². The van der Waals surface area contributed by atoms with E-state index in [0.29, 0.717) is 16.5 Å². The molecule has 108 valence electrons. The number of imidazole rings is 1. The molecule has 2 N–H and O–H groups in total. The molecule has 0 aliphatic heterocycles. The zero-order chi connectivity index (χ0) is 15.3. The number of nitrogens with two attached hydrogens (primary N) is 1. The fraction of sp³-hybridized carbons (Fsp3) is 0.0625. The van der Waals surface area contributed by atoms with E-state index >= 15 is 0 Å². The number of aryl methyl sites for hydroxylation is 1. The van der Waals surface area contributed by atoms with Gasteiger partial charge < -0.3 is 5.73 Å². The van der Waals surface area contributed by atoms with Gasteiger partial charge in [-0.3, -0.25) is 4.40 Å². The van der Waals surface area contributed by atoms with E-state index in [1.807, 2.05) is 41.7 Å². The van der Waals surface area contributed by atoms with Gasteiger partial charge >= 0.3 is 0 Å². The van der Waals surface area contributed by atoms with Gasteiger partial charge in [-0.05, 0) is 30.7 Å². The van der Waals surface area contributed by atoms with Crippen LogP contribution in [0.5, 0.6) is 0 Å². The van der Waals surface area contributed by atoms with Gasteiger partial charge in [0.15, 0.2) is 5.65 Å². The second-order valence-corrected chi connectivity index (χ2v) is 5.52. The van der Waals surface area contributed by atoms with Gasteiger partial charge in [-0.1, -0.05) is 23.7 Å². The number of halogens is 1. The molecular weight excluding hydrogens is 298 g/mol. The van der Waals surface area contributed by atoms with Crippen molar-refractivity contribution in [2.45, 2.75) is 6.92 Å². The third kappa shape index (κ3) is 1.83. The summed E-state index contributed by atoms with van der Waals surface area (Å²) in [6.07, 6.45) is 3.36. The van der Waals surface area contributed by atoms with Crippen molar-refractivity contribution in [2.24, 2.45) is 0 Å². The van der Waals surface area contributed by atoms with E-state index in [1.165, 1.54) is 0 Å². The van der Waals surface area contributed by atoms with Gasteiger partial charge in [-0.15, -0.1) is 0 Å². The van der Waals surface area contributed by atoms with E-state index in [-0.39, 0.29) is 0 Å². The third-order valence-electron chi connectivity index (χ3n) is 3.70. The Morgan fingerprint density at radius 1 is 1.14 bits per heavy atom. The molecule has 1 aromatic carbocycles. The molecule has 0 aliphatic rings. The van der Waals surface area contributed by atoms with Crippen LogP contribution in [0.1, 0.15) is 5.56 Å². The predicted octanol–water partition coefficient (Wildman–Crippen LogP) is 3.49. The van der Waals surface area contributed by atoms with Crippen molar-refractivity contribution >= 4 is 34.1 Å². The zero-order valence-corrected chi connectivity index (χ0v) is 12.5. The summed E-state index contributed by atoms with van der Waals surface area (Å²) in [7, 11) is 0. The first-order valence-electron chi connectivity index (χ1n) is 6.79. The van der Waals surface area contributed by atoms with Crippen LogP contribution >= 0.6 is 11.6 Å². The summed E-state index contributed by atoms with van der Waals surface area (Å²) >= 11 is 6.34. The van der Waals surface area contributed by atoms with Crippen molar-refractivity contribution in [3.05, 3.63) is 53.4 Å². The highest BCUT2D eigenvalue weighted by molar-refractivity contribution is 6.33. The molecule has 4 aromatic rings. The number of hydrogen-bond donors (Lipinski definition) is 1. The van der Waals surface area contributed by atoms with Crippen LogP contribution in [0.3, 0.4) is 0 Å². The lowest BCUT2D eigenvalue weighted by atomic mass is 10.1. The van der Waals surface area contributed by atoms with E-state index in [4.69, 9.17) is 22.3 Å². The molecule has 22 heavy (non-hydrogen) atoms. The number of nitrogens with zero attached hydrogens (tertiary/aromatic N) is 4. The quantitative estimate of drug-likeness (QED) is 0.584. The summed E-state index contributed by atoms with van der Waals surface area (Å²) in [6, 6.07) is 9.62. The highest BCUT2D eigenvalue weighted by atomic mass is 35.5. The Labute approximate surface area is 131 Å². The van der Waals surface area contributed by atoms with Crippen LogP contribution in [0, 0.1) is 6.92 Å². The van der Waals surface area contributed by atoms with Gasteiger partial charge in [0.25, 0.3) is 0 Å². The van der Waals surface area contributed by atoms with E-state index in [9.17, 15) is 0 Å². The maximum Gasteiger partial charge on any atom is 0.165 e. The molecule has 0 saturated heterocycles. The van der Waals surface area contributed by atoms with Crippen molar-refractivity contribution in [3.8, 4) is 11.3 Å². The number of hydrogen-bond acceptors (Lipinski definition) is 4. The minimum absolute atomic E-state index is 0.438. The Bertz CT molecular complexity index is 1000. The molecule has 4 rings (SSSR count). The number of fused-ring (bicyclic) bond motifs is 3. The first-order chi connectivity index (χ1) is 10.6. The first kappa shape index (κ1) is 13.0. The van der Waals surface area contributed by atoms with Gasteiger partial charge in [0.05, 0.1) is 16.9 Å². The molecule has 0 fully saturated rings. The highest BCUT2D eigenvalue weighted by Gasteiger charge is 2.12.